The highest BCUT2D eigenvalue weighted by Gasteiger charge is 2.11. The van der Waals surface area contributed by atoms with E-state index in [0.29, 0.717) is 28.2 Å². The smallest absolute Gasteiger partial charge is 0.341 e. The number of methoxy groups -OCH3 is 1. The van der Waals surface area contributed by atoms with E-state index in [1.54, 1.807) is 37.6 Å². The minimum absolute atomic E-state index is 0.301. The number of carbonyl (C=O) groups is 1. The molecule has 0 saturated heterocycles. The zero-order valence-electron chi connectivity index (χ0n) is 14.7. The number of benzene rings is 1. The molecule has 9 heteroatoms. The first-order valence-corrected chi connectivity index (χ1v) is 8.56. The maximum absolute atomic E-state index is 10.6. The maximum Gasteiger partial charge on any atom is 0.341 e. The Balaban J connectivity index is 2.15. The van der Waals surface area contributed by atoms with Crippen LogP contribution < -0.4 is 10.2 Å². The Morgan fingerprint density at radius 1 is 1.48 bits per heavy atom. The molecular weight excluding hydrogens is 416 g/mol. The summed E-state index contributed by atoms with van der Waals surface area (Å²) in [6, 6.07) is 9.00. The number of carboxylic acid groups (broad SMARTS) is 1. The molecule has 8 nitrogen and oxygen atoms in total. The summed E-state index contributed by atoms with van der Waals surface area (Å²) in [5, 5.41) is 22.2. The molecule has 0 unspecified atom stereocenters. The molecular formula is C18H17BrN4O4. The van der Waals surface area contributed by atoms with E-state index in [0.717, 1.165) is 16.8 Å². The Kier molecular flexibility index (Phi) is 7.28. The number of pyridine rings is 1. The van der Waals surface area contributed by atoms with Crippen LogP contribution in [0.1, 0.15) is 22.4 Å². The summed E-state index contributed by atoms with van der Waals surface area (Å²) in [5.41, 5.74) is 5.36. The zero-order chi connectivity index (χ0) is 19.8. The van der Waals surface area contributed by atoms with Gasteiger partial charge in [0.1, 0.15) is 17.4 Å². The van der Waals surface area contributed by atoms with Gasteiger partial charge in [-0.3, -0.25) is 5.43 Å². The maximum atomic E-state index is 10.6. The molecule has 2 rings (SSSR count). The lowest BCUT2D eigenvalue weighted by Crippen LogP contribution is -2.09. The fraction of sp³-hybridized carbons (Fsp3) is 0.222. The van der Waals surface area contributed by atoms with Gasteiger partial charge in [0, 0.05) is 18.4 Å². The van der Waals surface area contributed by atoms with E-state index < -0.39 is 12.6 Å². The van der Waals surface area contributed by atoms with Crippen LogP contribution in [0.3, 0.4) is 0 Å². The molecule has 0 fully saturated rings. The quantitative estimate of drug-likeness (QED) is 0.485. The van der Waals surface area contributed by atoms with Gasteiger partial charge in [0.15, 0.2) is 12.4 Å². The third kappa shape index (κ3) is 5.77. The Bertz CT molecular complexity index is 909. The van der Waals surface area contributed by atoms with Crippen LogP contribution in [0, 0.1) is 18.3 Å². The van der Waals surface area contributed by atoms with Crippen molar-refractivity contribution in [2.45, 2.75) is 13.5 Å². The lowest BCUT2D eigenvalue weighted by molar-refractivity contribution is -0.139. The zero-order valence-corrected chi connectivity index (χ0v) is 16.3. The van der Waals surface area contributed by atoms with Crippen LogP contribution in [-0.4, -0.2) is 36.0 Å². The number of halogens is 1. The van der Waals surface area contributed by atoms with Crippen molar-refractivity contribution >= 4 is 33.9 Å². The van der Waals surface area contributed by atoms with Crippen molar-refractivity contribution in [2.75, 3.05) is 19.1 Å². The largest absolute Gasteiger partial charge is 0.481 e. The van der Waals surface area contributed by atoms with E-state index in [4.69, 9.17) is 14.6 Å². The van der Waals surface area contributed by atoms with Crippen LogP contribution in [0.25, 0.3) is 0 Å². The minimum Gasteiger partial charge on any atom is -0.481 e. The first kappa shape index (κ1) is 20.4. The second-order valence-electron chi connectivity index (χ2n) is 5.43. The molecule has 2 aromatic rings. The van der Waals surface area contributed by atoms with E-state index in [9.17, 15) is 10.1 Å². The normalized spacial score (nSPS) is 10.6. The predicted molar refractivity (Wildman–Crippen MR) is 103 cm³/mol. The summed E-state index contributed by atoms with van der Waals surface area (Å²) in [6.45, 7) is 1.70. The number of hydrogen-bond acceptors (Lipinski definition) is 7. The van der Waals surface area contributed by atoms with Gasteiger partial charge in [-0.1, -0.05) is 0 Å². The van der Waals surface area contributed by atoms with Gasteiger partial charge in [0.25, 0.3) is 0 Å². The van der Waals surface area contributed by atoms with Gasteiger partial charge >= 0.3 is 5.97 Å². The SMILES string of the molecule is COCc1cc(C)nc(N/N=C\c2ccc(OCC(=O)O)c(Br)c2)c1C#N. The van der Waals surface area contributed by atoms with E-state index in [1.165, 1.54) is 0 Å². The van der Waals surface area contributed by atoms with Gasteiger partial charge in [-0.2, -0.15) is 10.4 Å². The highest BCUT2D eigenvalue weighted by Crippen LogP contribution is 2.25. The number of nitriles is 1. The summed E-state index contributed by atoms with van der Waals surface area (Å²) in [6.07, 6.45) is 1.55. The molecule has 0 atom stereocenters. The van der Waals surface area contributed by atoms with Crippen LogP contribution in [0.15, 0.2) is 33.8 Å². The molecule has 27 heavy (non-hydrogen) atoms. The highest BCUT2D eigenvalue weighted by molar-refractivity contribution is 9.10. The first-order valence-electron chi connectivity index (χ1n) is 7.77. The van der Waals surface area contributed by atoms with Crippen molar-refractivity contribution in [1.29, 1.82) is 5.26 Å². The number of aryl methyl sites for hydroxylation is 1. The molecule has 0 aliphatic heterocycles. The lowest BCUT2D eigenvalue weighted by atomic mass is 10.1. The summed E-state index contributed by atoms with van der Waals surface area (Å²) in [7, 11) is 1.56. The summed E-state index contributed by atoms with van der Waals surface area (Å²) >= 11 is 3.32. The summed E-state index contributed by atoms with van der Waals surface area (Å²) in [4.78, 5) is 14.9. The van der Waals surface area contributed by atoms with Gasteiger partial charge < -0.3 is 14.6 Å². The fourth-order valence-electron chi connectivity index (χ4n) is 2.24. The predicted octanol–water partition coefficient (Wildman–Crippen LogP) is 3.08. The molecule has 0 radical (unpaired) electrons. The van der Waals surface area contributed by atoms with Crippen molar-refractivity contribution in [3.63, 3.8) is 0 Å². The number of aromatic nitrogens is 1. The van der Waals surface area contributed by atoms with Gasteiger partial charge in [-0.05, 0) is 52.7 Å². The van der Waals surface area contributed by atoms with Crippen molar-refractivity contribution in [3.8, 4) is 11.8 Å². The molecule has 0 aliphatic carbocycles. The highest BCUT2D eigenvalue weighted by atomic mass is 79.9. The van der Waals surface area contributed by atoms with Crippen molar-refractivity contribution < 1.29 is 19.4 Å². The van der Waals surface area contributed by atoms with Gasteiger partial charge in [0.2, 0.25) is 0 Å². The first-order chi connectivity index (χ1) is 12.9. The van der Waals surface area contributed by atoms with Crippen LogP contribution in [-0.2, 0) is 16.1 Å². The average Bonchev–Trinajstić information content (AvgIpc) is 2.61. The third-order valence-electron chi connectivity index (χ3n) is 3.33. The van der Waals surface area contributed by atoms with Gasteiger partial charge in [0.05, 0.1) is 17.3 Å². The number of hydrogen-bond donors (Lipinski definition) is 2. The van der Waals surface area contributed by atoms with E-state index in [-0.39, 0.29) is 0 Å². The van der Waals surface area contributed by atoms with Crippen LogP contribution in [0.2, 0.25) is 0 Å². The molecule has 0 saturated carbocycles. The molecule has 1 heterocycles. The fourth-order valence-corrected chi connectivity index (χ4v) is 2.75. The average molecular weight is 433 g/mol. The number of rotatable bonds is 8. The van der Waals surface area contributed by atoms with E-state index in [1.807, 2.05) is 6.92 Å². The number of hydrazone groups is 1. The Morgan fingerprint density at radius 3 is 2.89 bits per heavy atom. The van der Waals surface area contributed by atoms with Crippen LogP contribution >= 0.6 is 15.9 Å². The number of carboxylic acids is 1. The Morgan fingerprint density at radius 2 is 2.26 bits per heavy atom. The molecule has 0 bridgehead atoms. The van der Waals surface area contributed by atoms with Crippen LogP contribution in [0.4, 0.5) is 5.82 Å². The van der Waals surface area contributed by atoms with Crippen molar-refractivity contribution in [3.05, 3.63) is 51.1 Å². The number of ether oxygens (including phenoxy) is 2. The Hall–Kier alpha value is -2.96. The van der Waals surface area contributed by atoms with E-state index >= 15 is 0 Å². The second-order valence-corrected chi connectivity index (χ2v) is 6.29. The van der Waals surface area contributed by atoms with Gasteiger partial charge in [-0.15, -0.1) is 0 Å². The number of nitrogens with one attached hydrogen (secondary N) is 1. The number of aliphatic carboxylic acids is 1. The molecule has 1 aromatic heterocycles. The molecule has 2 N–H and O–H groups in total. The van der Waals surface area contributed by atoms with Crippen molar-refractivity contribution in [2.24, 2.45) is 5.10 Å². The van der Waals surface area contributed by atoms with Gasteiger partial charge in [-0.25, -0.2) is 9.78 Å². The molecule has 0 aliphatic rings. The van der Waals surface area contributed by atoms with Crippen LogP contribution in [0.5, 0.6) is 5.75 Å². The van der Waals surface area contributed by atoms with Crippen molar-refractivity contribution in [1.82, 2.24) is 4.98 Å². The second kappa shape index (κ2) is 9.66. The molecule has 0 amide bonds. The summed E-state index contributed by atoms with van der Waals surface area (Å²) < 4.78 is 10.9. The molecule has 1 aromatic carbocycles. The molecule has 140 valence electrons. The number of nitrogens with zero attached hydrogens (tertiary/aromatic N) is 3. The summed E-state index contributed by atoms with van der Waals surface area (Å²) in [5.74, 6) is -0.288. The minimum atomic E-state index is -1.05. The lowest BCUT2D eigenvalue weighted by Gasteiger charge is -2.09. The standard InChI is InChI=1S/C18H17BrN4O4/c1-11-5-13(9-26-2)14(7-20)18(22-11)23-21-8-12-3-4-16(15(19)6-12)27-10-17(24)25/h3-6,8H,9-10H2,1-2H3,(H,22,23)(H,24,25)/b21-8-. The molecule has 0 spiro atoms. The Labute approximate surface area is 164 Å². The number of anilines is 1. The van der Waals surface area contributed by atoms with E-state index in [2.05, 4.69) is 37.5 Å². The monoisotopic (exact) mass is 432 g/mol. The topological polar surface area (TPSA) is 117 Å². The third-order valence-corrected chi connectivity index (χ3v) is 3.95.